The number of nitrogens with zero attached hydrogens (tertiary/aromatic N) is 1. The molecular formula is C14H12Cl2N2O2. The van der Waals surface area contributed by atoms with E-state index in [0.717, 1.165) is 11.3 Å². The molecule has 0 aliphatic carbocycles. The third-order valence-corrected chi connectivity index (χ3v) is 3.45. The van der Waals surface area contributed by atoms with E-state index in [1.165, 1.54) is 6.07 Å². The quantitative estimate of drug-likeness (QED) is 0.633. The molecule has 0 saturated heterocycles. The number of hydrogen-bond acceptors (Lipinski definition) is 3. The summed E-state index contributed by atoms with van der Waals surface area (Å²) in [6.07, 6.45) is 0. The van der Waals surface area contributed by atoms with Crippen LogP contribution in [0.2, 0.25) is 10.0 Å². The molecule has 0 aliphatic rings. The molecule has 20 heavy (non-hydrogen) atoms. The van der Waals surface area contributed by atoms with Crippen molar-refractivity contribution >= 4 is 34.6 Å². The highest BCUT2D eigenvalue weighted by Crippen LogP contribution is 2.29. The van der Waals surface area contributed by atoms with E-state index in [-0.39, 0.29) is 16.8 Å². The summed E-state index contributed by atoms with van der Waals surface area (Å²) in [5, 5.41) is 14.7. The van der Waals surface area contributed by atoms with E-state index < -0.39 is 4.92 Å². The highest BCUT2D eigenvalue weighted by Gasteiger charge is 2.13. The van der Waals surface area contributed by atoms with Crippen LogP contribution < -0.4 is 5.32 Å². The van der Waals surface area contributed by atoms with E-state index in [0.29, 0.717) is 5.02 Å². The normalized spacial score (nSPS) is 11.9. The molecule has 1 unspecified atom stereocenters. The van der Waals surface area contributed by atoms with Gasteiger partial charge in [-0.25, -0.2) is 0 Å². The van der Waals surface area contributed by atoms with Gasteiger partial charge in [-0.15, -0.1) is 0 Å². The maximum absolute atomic E-state index is 10.7. The lowest BCUT2D eigenvalue weighted by Gasteiger charge is -2.16. The summed E-state index contributed by atoms with van der Waals surface area (Å²) in [5.41, 5.74) is 1.68. The molecule has 0 radical (unpaired) electrons. The van der Waals surface area contributed by atoms with E-state index >= 15 is 0 Å². The first kappa shape index (κ1) is 14.6. The first-order valence-electron chi connectivity index (χ1n) is 5.93. The van der Waals surface area contributed by atoms with Gasteiger partial charge < -0.3 is 5.32 Å². The van der Waals surface area contributed by atoms with E-state index in [1.54, 1.807) is 12.1 Å². The Labute approximate surface area is 126 Å². The molecule has 1 N–H and O–H groups in total. The van der Waals surface area contributed by atoms with Crippen LogP contribution in [0.15, 0.2) is 42.5 Å². The predicted molar refractivity (Wildman–Crippen MR) is 81.6 cm³/mol. The van der Waals surface area contributed by atoms with Crippen LogP contribution in [0.4, 0.5) is 11.4 Å². The molecule has 0 spiro atoms. The number of rotatable bonds is 4. The molecule has 104 valence electrons. The second-order valence-corrected chi connectivity index (χ2v) is 5.18. The van der Waals surface area contributed by atoms with Gasteiger partial charge in [-0.1, -0.05) is 35.3 Å². The average Bonchev–Trinajstić information content (AvgIpc) is 2.39. The van der Waals surface area contributed by atoms with Crippen LogP contribution in [0.1, 0.15) is 18.5 Å². The highest BCUT2D eigenvalue weighted by atomic mass is 35.5. The Hall–Kier alpha value is -1.78. The van der Waals surface area contributed by atoms with Crippen LogP contribution >= 0.6 is 23.2 Å². The maximum Gasteiger partial charge on any atom is 0.288 e. The minimum atomic E-state index is -0.505. The van der Waals surface area contributed by atoms with Crippen molar-refractivity contribution in [3.63, 3.8) is 0 Å². The van der Waals surface area contributed by atoms with Gasteiger partial charge in [0.15, 0.2) is 0 Å². The lowest BCUT2D eigenvalue weighted by Crippen LogP contribution is -2.06. The Morgan fingerprint density at radius 1 is 1.15 bits per heavy atom. The zero-order valence-corrected chi connectivity index (χ0v) is 12.2. The first-order chi connectivity index (χ1) is 9.47. The van der Waals surface area contributed by atoms with Crippen molar-refractivity contribution < 1.29 is 4.92 Å². The van der Waals surface area contributed by atoms with Gasteiger partial charge >= 0.3 is 0 Å². The fourth-order valence-electron chi connectivity index (χ4n) is 1.83. The van der Waals surface area contributed by atoms with E-state index in [9.17, 15) is 10.1 Å². The number of benzene rings is 2. The molecule has 0 bridgehead atoms. The van der Waals surface area contributed by atoms with Crippen molar-refractivity contribution in [1.29, 1.82) is 0 Å². The van der Waals surface area contributed by atoms with Gasteiger partial charge in [0.2, 0.25) is 0 Å². The minimum Gasteiger partial charge on any atom is -0.378 e. The van der Waals surface area contributed by atoms with Crippen molar-refractivity contribution in [1.82, 2.24) is 0 Å². The molecular weight excluding hydrogens is 299 g/mol. The summed E-state index contributed by atoms with van der Waals surface area (Å²) in [4.78, 5) is 10.2. The average molecular weight is 311 g/mol. The lowest BCUT2D eigenvalue weighted by molar-refractivity contribution is -0.384. The number of nitrogens with one attached hydrogen (secondary N) is 1. The zero-order valence-electron chi connectivity index (χ0n) is 10.6. The summed E-state index contributed by atoms with van der Waals surface area (Å²) < 4.78 is 0. The van der Waals surface area contributed by atoms with Gasteiger partial charge in [0.1, 0.15) is 5.02 Å². The number of halogens is 2. The third-order valence-electron chi connectivity index (χ3n) is 2.90. The Balaban J connectivity index is 2.15. The van der Waals surface area contributed by atoms with Gasteiger partial charge in [0.25, 0.3) is 5.69 Å². The van der Waals surface area contributed by atoms with Crippen LogP contribution in [0.3, 0.4) is 0 Å². The Morgan fingerprint density at radius 3 is 2.35 bits per heavy atom. The molecule has 2 rings (SSSR count). The molecule has 0 fully saturated rings. The second kappa shape index (κ2) is 6.11. The molecule has 4 nitrogen and oxygen atoms in total. The molecule has 0 heterocycles. The molecule has 0 amide bonds. The molecule has 6 heteroatoms. The van der Waals surface area contributed by atoms with Gasteiger partial charge in [-0.3, -0.25) is 10.1 Å². The minimum absolute atomic E-state index is 0.0322. The summed E-state index contributed by atoms with van der Waals surface area (Å²) in [6.45, 7) is 1.98. The largest absolute Gasteiger partial charge is 0.378 e. The van der Waals surface area contributed by atoms with E-state index in [1.807, 2.05) is 31.2 Å². The van der Waals surface area contributed by atoms with Gasteiger partial charge in [-0.05, 0) is 36.8 Å². The standard InChI is InChI=1S/C14H12Cl2N2O2/c1-9(10-2-4-11(15)5-3-10)17-12-6-7-14(18(19)20)13(16)8-12/h2-9,17H,1H3. The fourth-order valence-corrected chi connectivity index (χ4v) is 2.21. The summed E-state index contributed by atoms with van der Waals surface area (Å²) in [5.74, 6) is 0. The monoisotopic (exact) mass is 310 g/mol. The van der Waals surface area contributed by atoms with Gasteiger partial charge in [-0.2, -0.15) is 0 Å². The Kier molecular flexibility index (Phi) is 4.47. The van der Waals surface area contributed by atoms with Crippen LogP contribution in [-0.4, -0.2) is 4.92 Å². The van der Waals surface area contributed by atoms with E-state index in [2.05, 4.69) is 5.32 Å². The summed E-state index contributed by atoms with van der Waals surface area (Å²) in [7, 11) is 0. The zero-order chi connectivity index (χ0) is 14.7. The van der Waals surface area contributed by atoms with E-state index in [4.69, 9.17) is 23.2 Å². The molecule has 2 aromatic rings. The van der Waals surface area contributed by atoms with Gasteiger partial charge in [0.05, 0.1) is 4.92 Å². The molecule has 0 aliphatic heterocycles. The van der Waals surface area contributed by atoms with Gasteiger partial charge in [0, 0.05) is 22.8 Å². The smallest absolute Gasteiger partial charge is 0.288 e. The fraction of sp³-hybridized carbons (Fsp3) is 0.143. The van der Waals surface area contributed by atoms with Crippen LogP contribution in [0, 0.1) is 10.1 Å². The van der Waals surface area contributed by atoms with Crippen molar-refractivity contribution in [2.45, 2.75) is 13.0 Å². The molecule has 0 saturated carbocycles. The van der Waals surface area contributed by atoms with Crippen LogP contribution in [0.5, 0.6) is 0 Å². The SMILES string of the molecule is CC(Nc1ccc([N+](=O)[O-])c(Cl)c1)c1ccc(Cl)cc1. The predicted octanol–water partition coefficient (Wildman–Crippen LogP) is 5.07. The van der Waals surface area contributed by atoms with Crippen molar-refractivity contribution in [2.24, 2.45) is 0 Å². The Morgan fingerprint density at radius 2 is 1.80 bits per heavy atom. The van der Waals surface area contributed by atoms with Crippen LogP contribution in [0.25, 0.3) is 0 Å². The summed E-state index contributed by atoms with van der Waals surface area (Å²) >= 11 is 11.7. The topological polar surface area (TPSA) is 55.2 Å². The maximum atomic E-state index is 10.7. The number of hydrogen-bond donors (Lipinski definition) is 1. The molecule has 0 aromatic heterocycles. The second-order valence-electron chi connectivity index (χ2n) is 4.34. The van der Waals surface area contributed by atoms with Crippen molar-refractivity contribution in [3.8, 4) is 0 Å². The molecule has 2 aromatic carbocycles. The molecule has 1 atom stereocenters. The van der Waals surface area contributed by atoms with Crippen molar-refractivity contribution in [2.75, 3.05) is 5.32 Å². The first-order valence-corrected chi connectivity index (χ1v) is 6.69. The lowest BCUT2D eigenvalue weighted by atomic mass is 10.1. The summed E-state index contributed by atoms with van der Waals surface area (Å²) in [6, 6.07) is 12.1. The Bertz CT molecular complexity index is 630. The van der Waals surface area contributed by atoms with Crippen molar-refractivity contribution in [3.05, 3.63) is 68.2 Å². The van der Waals surface area contributed by atoms with Crippen LogP contribution in [-0.2, 0) is 0 Å². The number of nitro groups is 1. The highest BCUT2D eigenvalue weighted by molar-refractivity contribution is 6.33. The number of anilines is 1. The third kappa shape index (κ3) is 3.40. The number of nitro benzene ring substituents is 1.